The van der Waals surface area contributed by atoms with E-state index < -0.39 is 16.6 Å². The van der Waals surface area contributed by atoms with Crippen LogP contribution in [0.3, 0.4) is 0 Å². The van der Waals surface area contributed by atoms with Crippen LogP contribution in [-0.4, -0.2) is 23.1 Å². The molecule has 1 atom stereocenters. The van der Waals surface area contributed by atoms with Gasteiger partial charge in [0.05, 0.1) is 10.8 Å². The zero-order valence-electron chi connectivity index (χ0n) is 8.71. The molecule has 1 aliphatic rings. The lowest BCUT2D eigenvalue weighted by Gasteiger charge is -2.26. The number of rotatable bonds is 4. The summed E-state index contributed by atoms with van der Waals surface area (Å²) in [4.78, 5) is 0. The van der Waals surface area contributed by atoms with Gasteiger partial charge in [-0.1, -0.05) is 23.7 Å². The molecule has 1 fully saturated rings. The number of halogens is 2. The molecule has 2 rings (SSSR count). The van der Waals surface area contributed by atoms with E-state index in [0.29, 0.717) is 17.2 Å². The second-order valence-electron chi connectivity index (χ2n) is 3.99. The van der Waals surface area contributed by atoms with Gasteiger partial charge in [-0.2, -0.15) is 0 Å². The van der Waals surface area contributed by atoms with E-state index in [0.717, 1.165) is 13.1 Å². The van der Waals surface area contributed by atoms with Gasteiger partial charge in [0.15, 0.2) is 0 Å². The average Bonchev–Trinajstić information content (AvgIpc) is 2.19. The molecule has 1 N–H and O–H groups in total. The Kier molecular flexibility index (Phi) is 3.95. The Labute approximate surface area is 102 Å². The summed E-state index contributed by atoms with van der Waals surface area (Å²) in [6.07, 6.45) is 0. The van der Waals surface area contributed by atoms with Crippen molar-refractivity contribution in [3.8, 4) is 0 Å². The number of hydrogen-bond acceptors (Lipinski definition) is 2. The predicted molar refractivity (Wildman–Crippen MR) is 64.5 cm³/mol. The molecule has 16 heavy (non-hydrogen) atoms. The van der Waals surface area contributed by atoms with Crippen molar-refractivity contribution in [2.24, 2.45) is 5.92 Å². The fourth-order valence-corrected chi connectivity index (χ4v) is 3.26. The monoisotopic (exact) mass is 261 g/mol. The van der Waals surface area contributed by atoms with Crippen LogP contribution in [0.25, 0.3) is 0 Å². The van der Waals surface area contributed by atoms with Gasteiger partial charge in [-0.05, 0) is 12.0 Å². The molecule has 1 unspecified atom stereocenters. The standard InChI is InChI=1S/C11H13ClFNOS/c12-10-3-1-2-9(11(10)13)7-16(15)6-8-4-14-5-8/h1-3,8,14H,4-7H2. The maximum atomic E-state index is 13.5. The molecule has 0 amide bonds. The van der Waals surface area contributed by atoms with Crippen LogP contribution >= 0.6 is 11.6 Å². The van der Waals surface area contributed by atoms with Crippen LogP contribution in [-0.2, 0) is 16.6 Å². The summed E-state index contributed by atoms with van der Waals surface area (Å²) in [5.74, 6) is 0.925. The fraction of sp³-hybridized carbons (Fsp3) is 0.455. The highest BCUT2D eigenvalue weighted by molar-refractivity contribution is 7.84. The summed E-state index contributed by atoms with van der Waals surface area (Å²) in [6, 6.07) is 4.82. The number of hydrogen-bond donors (Lipinski definition) is 1. The van der Waals surface area contributed by atoms with Crippen LogP contribution in [0.2, 0.25) is 5.02 Å². The molecule has 1 aromatic rings. The van der Waals surface area contributed by atoms with Gasteiger partial charge in [-0.15, -0.1) is 0 Å². The summed E-state index contributed by atoms with van der Waals surface area (Å²) < 4.78 is 25.3. The van der Waals surface area contributed by atoms with E-state index in [-0.39, 0.29) is 10.8 Å². The molecule has 0 aliphatic carbocycles. The van der Waals surface area contributed by atoms with Crippen molar-refractivity contribution in [3.63, 3.8) is 0 Å². The molecule has 0 spiro atoms. The van der Waals surface area contributed by atoms with Crippen LogP contribution in [0.15, 0.2) is 18.2 Å². The van der Waals surface area contributed by atoms with E-state index in [1.165, 1.54) is 6.07 Å². The Hall–Kier alpha value is -0.450. The molecule has 0 saturated carbocycles. The summed E-state index contributed by atoms with van der Waals surface area (Å²) in [6.45, 7) is 1.84. The lowest BCUT2D eigenvalue weighted by Crippen LogP contribution is -2.44. The van der Waals surface area contributed by atoms with Crippen LogP contribution in [0.4, 0.5) is 4.39 Å². The van der Waals surface area contributed by atoms with Crippen LogP contribution in [0, 0.1) is 11.7 Å². The fourth-order valence-electron chi connectivity index (χ4n) is 1.62. The van der Waals surface area contributed by atoms with E-state index in [9.17, 15) is 8.60 Å². The van der Waals surface area contributed by atoms with E-state index in [1.807, 2.05) is 0 Å². The molecule has 0 aromatic heterocycles. The summed E-state index contributed by atoms with van der Waals surface area (Å²) in [5, 5.41) is 3.22. The van der Waals surface area contributed by atoms with Gasteiger partial charge in [0.1, 0.15) is 5.82 Å². The molecular formula is C11H13ClFNOS. The summed E-state index contributed by atoms with van der Waals surface area (Å²) in [7, 11) is -1.01. The van der Waals surface area contributed by atoms with E-state index in [4.69, 9.17) is 11.6 Å². The SMILES string of the molecule is O=S(Cc1cccc(Cl)c1F)CC1CNC1. The summed E-state index contributed by atoms with van der Waals surface area (Å²) in [5.41, 5.74) is 0.443. The van der Waals surface area contributed by atoms with Gasteiger partial charge >= 0.3 is 0 Å². The van der Waals surface area contributed by atoms with E-state index >= 15 is 0 Å². The molecule has 1 heterocycles. The minimum Gasteiger partial charge on any atom is -0.316 e. The van der Waals surface area contributed by atoms with Crippen LogP contribution < -0.4 is 5.32 Å². The highest BCUT2D eigenvalue weighted by Gasteiger charge is 2.20. The first-order valence-electron chi connectivity index (χ1n) is 5.15. The first-order chi connectivity index (χ1) is 7.66. The maximum absolute atomic E-state index is 13.5. The lowest BCUT2D eigenvalue weighted by molar-refractivity contribution is 0.382. The van der Waals surface area contributed by atoms with Crippen molar-refractivity contribution in [3.05, 3.63) is 34.6 Å². The normalized spacial score (nSPS) is 18.1. The van der Waals surface area contributed by atoms with Crippen molar-refractivity contribution in [2.45, 2.75) is 5.75 Å². The molecule has 0 bridgehead atoms. The van der Waals surface area contributed by atoms with Gasteiger partial charge in [-0.25, -0.2) is 4.39 Å². The Bertz CT molecular complexity index is 409. The highest BCUT2D eigenvalue weighted by atomic mass is 35.5. The number of nitrogens with one attached hydrogen (secondary N) is 1. The van der Waals surface area contributed by atoms with E-state index in [1.54, 1.807) is 12.1 Å². The molecule has 0 radical (unpaired) electrons. The van der Waals surface area contributed by atoms with Crippen LogP contribution in [0.5, 0.6) is 0 Å². The van der Waals surface area contributed by atoms with Gasteiger partial charge in [0.25, 0.3) is 0 Å². The quantitative estimate of drug-likeness (QED) is 0.898. The Morgan fingerprint density at radius 2 is 2.25 bits per heavy atom. The first-order valence-corrected chi connectivity index (χ1v) is 7.02. The van der Waals surface area contributed by atoms with Crippen LogP contribution in [0.1, 0.15) is 5.56 Å². The third-order valence-corrected chi connectivity index (χ3v) is 4.40. The van der Waals surface area contributed by atoms with Gasteiger partial charge < -0.3 is 5.32 Å². The smallest absolute Gasteiger partial charge is 0.145 e. The second-order valence-corrected chi connectivity index (χ2v) is 5.90. The van der Waals surface area contributed by atoms with Crippen molar-refractivity contribution in [1.29, 1.82) is 0 Å². The molecule has 1 aliphatic heterocycles. The van der Waals surface area contributed by atoms with Crippen molar-refractivity contribution < 1.29 is 8.60 Å². The predicted octanol–water partition coefficient (Wildman–Crippen LogP) is 1.95. The van der Waals surface area contributed by atoms with Gasteiger partial charge in [0, 0.05) is 35.2 Å². The molecule has 5 heteroatoms. The third-order valence-electron chi connectivity index (χ3n) is 2.64. The summed E-state index contributed by atoms with van der Waals surface area (Å²) >= 11 is 5.66. The highest BCUT2D eigenvalue weighted by Crippen LogP contribution is 2.19. The largest absolute Gasteiger partial charge is 0.316 e. The Balaban J connectivity index is 1.97. The maximum Gasteiger partial charge on any atom is 0.145 e. The zero-order valence-corrected chi connectivity index (χ0v) is 10.3. The Morgan fingerprint density at radius 1 is 1.50 bits per heavy atom. The molecular weight excluding hydrogens is 249 g/mol. The van der Waals surface area contributed by atoms with Crippen molar-refractivity contribution in [1.82, 2.24) is 5.32 Å². The topological polar surface area (TPSA) is 29.1 Å². The zero-order chi connectivity index (χ0) is 11.5. The van der Waals surface area contributed by atoms with Crippen molar-refractivity contribution in [2.75, 3.05) is 18.8 Å². The van der Waals surface area contributed by atoms with E-state index in [2.05, 4.69) is 5.32 Å². The second kappa shape index (κ2) is 5.25. The molecule has 2 nitrogen and oxygen atoms in total. The molecule has 1 saturated heterocycles. The molecule has 1 aromatic carbocycles. The number of benzene rings is 1. The average molecular weight is 262 g/mol. The van der Waals surface area contributed by atoms with Gasteiger partial charge in [0.2, 0.25) is 0 Å². The third kappa shape index (κ3) is 2.81. The molecule has 88 valence electrons. The first kappa shape index (κ1) is 12.0. The van der Waals surface area contributed by atoms with Crippen molar-refractivity contribution >= 4 is 22.4 Å². The minimum absolute atomic E-state index is 0.0970. The Morgan fingerprint density at radius 3 is 2.88 bits per heavy atom. The minimum atomic E-state index is -1.01. The lowest BCUT2D eigenvalue weighted by atomic mass is 10.1. The van der Waals surface area contributed by atoms with Gasteiger partial charge in [-0.3, -0.25) is 4.21 Å².